The number of likely N-dealkylation sites (N-methyl/N-ethyl adjacent to an activating group) is 1. The number of fused-ring (bicyclic) bond motifs is 4. The summed E-state index contributed by atoms with van der Waals surface area (Å²) in [5, 5.41) is 4.44. The fourth-order valence-electron chi connectivity index (χ4n) is 5.40. The quantitative estimate of drug-likeness (QED) is 0.363. The lowest BCUT2D eigenvalue weighted by molar-refractivity contribution is 0.311. The zero-order valence-electron chi connectivity index (χ0n) is 22.4. The van der Waals surface area contributed by atoms with Gasteiger partial charge in [0, 0.05) is 55.7 Å². The average Bonchev–Trinajstić information content (AvgIpc) is 3.32. The smallest absolute Gasteiger partial charge is 0.284 e. The molecule has 0 aliphatic carbocycles. The van der Waals surface area contributed by atoms with E-state index >= 15 is 0 Å². The van der Waals surface area contributed by atoms with Crippen molar-refractivity contribution in [2.45, 2.75) is 12.8 Å². The first-order chi connectivity index (χ1) is 19.6. The van der Waals surface area contributed by atoms with Crippen LogP contribution in [0.4, 0.5) is 17.3 Å². The fourth-order valence-corrected chi connectivity index (χ4v) is 5.40. The average molecular weight is 536 g/mol. The lowest BCUT2D eigenvalue weighted by Crippen LogP contribution is -2.44. The highest BCUT2D eigenvalue weighted by molar-refractivity contribution is 5.96. The van der Waals surface area contributed by atoms with Gasteiger partial charge in [-0.1, -0.05) is 12.1 Å². The minimum absolute atomic E-state index is 0.248. The van der Waals surface area contributed by atoms with Crippen molar-refractivity contribution in [1.29, 1.82) is 0 Å². The summed E-state index contributed by atoms with van der Waals surface area (Å²) < 4.78 is 9.12. The third kappa shape index (κ3) is 4.06. The van der Waals surface area contributed by atoms with Crippen molar-refractivity contribution in [3.05, 3.63) is 65.1 Å². The number of aliphatic imine (C=N–C) groups is 1. The molecule has 2 aromatic carbocycles. The van der Waals surface area contributed by atoms with E-state index in [1.54, 1.807) is 11.6 Å². The normalized spacial score (nSPS) is 16.1. The summed E-state index contributed by atoms with van der Waals surface area (Å²) in [5.41, 5.74) is 3.30. The highest BCUT2D eigenvalue weighted by atomic mass is 16.5. The van der Waals surface area contributed by atoms with E-state index in [1.165, 1.54) is 6.20 Å². The summed E-state index contributed by atoms with van der Waals surface area (Å²) in [6, 6.07) is 13.8. The Hall–Kier alpha value is -4.77. The number of para-hydroxylation sites is 1. The Labute approximate surface area is 230 Å². The van der Waals surface area contributed by atoms with Crippen LogP contribution in [-0.4, -0.2) is 75.6 Å². The van der Waals surface area contributed by atoms with E-state index in [0.29, 0.717) is 28.4 Å². The number of anilines is 3. The largest absolute Gasteiger partial charge is 0.495 e. The zero-order valence-corrected chi connectivity index (χ0v) is 22.4. The van der Waals surface area contributed by atoms with Crippen molar-refractivity contribution in [1.82, 2.24) is 29.0 Å². The number of ether oxygens (including phenoxy) is 1. The molecule has 202 valence electrons. The van der Waals surface area contributed by atoms with Crippen LogP contribution < -0.4 is 20.5 Å². The number of allylic oxidation sites excluding steroid dienone is 1. The van der Waals surface area contributed by atoms with Gasteiger partial charge in [0.2, 0.25) is 5.95 Å². The van der Waals surface area contributed by atoms with Crippen LogP contribution in [0.1, 0.15) is 12.8 Å². The highest BCUT2D eigenvalue weighted by Crippen LogP contribution is 2.33. The van der Waals surface area contributed by atoms with Crippen LogP contribution in [0.15, 0.2) is 64.5 Å². The van der Waals surface area contributed by atoms with Crippen molar-refractivity contribution < 1.29 is 4.74 Å². The van der Waals surface area contributed by atoms with Crippen LogP contribution in [0.3, 0.4) is 0 Å². The SMILES string of the molecule is COc1cc(Nc2ncc3c(=O)n4c(nc3n2)c2ccccc2n4C2=CCCC=N2)ccc1N1CCN(C)CC1. The van der Waals surface area contributed by atoms with Gasteiger partial charge in [-0.3, -0.25) is 4.79 Å². The standard InChI is InChI=1S/C29H29N9O2/c1-35-13-15-36(16-14-35)23-11-10-19(17-24(23)40-2)32-29-31-18-21-26(34-29)33-27-20-7-3-4-8-22(20)37(38(27)28(21)39)25-9-5-6-12-30-25/h3-4,7-12,17-18H,5-6,13-16H2,1-2H3,(H,31,32,34). The minimum atomic E-state index is -0.248. The number of piperazine rings is 1. The van der Waals surface area contributed by atoms with Crippen LogP contribution in [0, 0.1) is 0 Å². The molecule has 40 heavy (non-hydrogen) atoms. The Morgan fingerprint density at radius 3 is 2.62 bits per heavy atom. The number of hydrogen-bond acceptors (Lipinski definition) is 9. The molecule has 5 aromatic rings. The number of hydrogen-bond donors (Lipinski definition) is 1. The molecule has 0 saturated carbocycles. The van der Waals surface area contributed by atoms with E-state index in [4.69, 9.17) is 9.72 Å². The number of methoxy groups -OCH3 is 1. The molecule has 0 bridgehead atoms. The van der Waals surface area contributed by atoms with Crippen LogP contribution in [0.5, 0.6) is 5.75 Å². The molecule has 5 heterocycles. The summed E-state index contributed by atoms with van der Waals surface area (Å²) in [5.74, 6) is 1.83. The topological polar surface area (TPSA) is 105 Å². The Kier molecular flexibility index (Phi) is 5.93. The molecule has 11 heteroatoms. The van der Waals surface area contributed by atoms with E-state index in [9.17, 15) is 4.79 Å². The lowest BCUT2D eigenvalue weighted by atomic mass is 10.2. The van der Waals surface area contributed by atoms with Gasteiger partial charge in [0.25, 0.3) is 5.56 Å². The molecule has 0 radical (unpaired) electrons. The van der Waals surface area contributed by atoms with E-state index in [2.05, 4.69) is 43.2 Å². The maximum absolute atomic E-state index is 13.8. The summed E-state index contributed by atoms with van der Waals surface area (Å²) >= 11 is 0. The first-order valence-electron chi connectivity index (χ1n) is 13.4. The minimum Gasteiger partial charge on any atom is -0.495 e. The third-order valence-electron chi connectivity index (χ3n) is 7.52. The van der Waals surface area contributed by atoms with Crippen molar-refractivity contribution in [2.75, 3.05) is 50.6 Å². The zero-order chi connectivity index (χ0) is 27.2. The Balaban J connectivity index is 1.28. The van der Waals surface area contributed by atoms with Gasteiger partial charge in [-0.05, 0) is 50.2 Å². The Morgan fingerprint density at radius 1 is 0.975 bits per heavy atom. The van der Waals surface area contributed by atoms with Crippen LogP contribution in [0.2, 0.25) is 0 Å². The van der Waals surface area contributed by atoms with Crippen molar-refractivity contribution >= 4 is 56.9 Å². The van der Waals surface area contributed by atoms with Crippen LogP contribution in [0.25, 0.3) is 33.4 Å². The van der Waals surface area contributed by atoms with E-state index in [-0.39, 0.29) is 5.56 Å². The van der Waals surface area contributed by atoms with Crippen molar-refractivity contribution in [3.63, 3.8) is 0 Å². The summed E-state index contributed by atoms with van der Waals surface area (Å²) in [6.45, 7) is 3.92. The first kappa shape index (κ1) is 24.3. The van der Waals surface area contributed by atoms with Gasteiger partial charge in [-0.15, -0.1) is 0 Å². The molecule has 3 aromatic heterocycles. The third-order valence-corrected chi connectivity index (χ3v) is 7.52. The summed E-state index contributed by atoms with van der Waals surface area (Å²) in [7, 11) is 3.82. The van der Waals surface area contributed by atoms with Gasteiger partial charge in [-0.25, -0.2) is 19.6 Å². The molecular formula is C29H29N9O2. The second-order valence-electron chi connectivity index (χ2n) is 10.1. The van der Waals surface area contributed by atoms with Crippen molar-refractivity contribution in [3.8, 4) is 5.75 Å². The van der Waals surface area contributed by atoms with E-state index in [1.807, 2.05) is 53.4 Å². The molecule has 1 fully saturated rings. The Morgan fingerprint density at radius 2 is 1.82 bits per heavy atom. The molecular weight excluding hydrogens is 506 g/mol. The number of rotatable bonds is 5. The maximum Gasteiger partial charge on any atom is 0.284 e. The molecule has 0 amide bonds. The summed E-state index contributed by atoms with van der Waals surface area (Å²) in [4.78, 5) is 36.9. The van der Waals surface area contributed by atoms with Gasteiger partial charge < -0.3 is 19.9 Å². The molecule has 2 aliphatic rings. The first-order valence-corrected chi connectivity index (χ1v) is 13.4. The molecule has 2 aliphatic heterocycles. The van der Waals surface area contributed by atoms with E-state index < -0.39 is 0 Å². The van der Waals surface area contributed by atoms with Gasteiger partial charge >= 0.3 is 0 Å². The fraction of sp³-hybridized carbons (Fsp3) is 0.276. The predicted molar refractivity (Wildman–Crippen MR) is 158 cm³/mol. The van der Waals surface area contributed by atoms with Crippen LogP contribution >= 0.6 is 0 Å². The van der Waals surface area contributed by atoms with Crippen molar-refractivity contribution in [2.24, 2.45) is 4.99 Å². The molecule has 1 N–H and O–H groups in total. The molecule has 0 spiro atoms. The Bertz CT molecular complexity index is 1880. The molecule has 7 rings (SSSR count). The number of aromatic nitrogens is 5. The van der Waals surface area contributed by atoms with Gasteiger partial charge in [0.1, 0.15) is 17.0 Å². The number of nitrogens with zero attached hydrogens (tertiary/aromatic N) is 8. The number of nitrogens with one attached hydrogen (secondary N) is 1. The molecule has 0 unspecified atom stereocenters. The monoisotopic (exact) mass is 535 g/mol. The second-order valence-corrected chi connectivity index (χ2v) is 10.1. The van der Waals surface area contributed by atoms with Gasteiger partial charge in [-0.2, -0.15) is 9.50 Å². The lowest BCUT2D eigenvalue weighted by Gasteiger charge is -2.34. The highest BCUT2D eigenvalue weighted by Gasteiger charge is 2.20. The second kappa shape index (κ2) is 9.76. The predicted octanol–water partition coefficient (Wildman–Crippen LogP) is 3.76. The van der Waals surface area contributed by atoms with E-state index in [0.717, 1.165) is 67.0 Å². The van der Waals surface area contributed by atoms with Gasteiger partial charge in [0.15, 0.2) is 11.3 Å². The van der Waals surface area contributed by atoms with Gasteiger partial charge in [0.05, 0.1) is 18.3 Å². The van der Waals surface area contributed by atoms with Crippen LogP contribution in [-0.2, 0) is 0 Å². The number of benzene rings is 2. The molecule has 1 saturated heterocycles. The summed E-state index contributed by atoms with van der Waals surface area (Å²) in [6.07, 6.45) is 7.19. The molecule has 0 atom stereocenters. The molecule has 11 nitrogen and oxygen atoms in total. The maximum atomic E-state index is 13.8.